The van der Waals surface area contributed by atoms with Crippen molar-refractivity contribution in [3.05, 3.63) is 62.6 Å². The lowest BCUT2D eigenvalue weighted by Gasteiger charge is -2.17. The molecule has 2 N–H and O–H groups in total. The van der Waals surface area contributed by atoms with E-state index in [0.29, 0.717) is 10.9 Å². The maximum Gasteiger partial charge on any atom is 0.271 e. The Hall–Kier alpha value is -2.07. The molecule has 0 saturated heterocycles. The number of sulfonamides is 1. The fourth-order valence-corrected chi connectivity index (χ4v) is 5.53. The molecule has 0 aliphatic rings. The lowest BCUT2D eigenvalue weighted by atomic mass is 10.1. The van der Waals surface area contributed by atoms with E-state index in [9.17, 15) is 18.3 Å². The third-order valence-electron chi connectivity index (χ3n) is 3.61. The van der Waals surface area contributed by atoms with Gasteiger partial charge in [0.05, 0.1) is 22.1 Å². The molecule has 0 saturated carbocycles. The van der Waals surface area contributed by atoms with E-state index in [4.69, 9.17) is 11.6 Å². The Morgan fingerprint density at radius 1 is 1.26 bits per heavy atom. The highest BCUT2D eigenvalue weighted by atomic mass is 35.5. The van der Waals surface area contributed by atoms with Gasteiger partial charge in [-0.05, 0) is 35.7 Å². The fraction of sp³-hybridized carbons (Fsp3) is 0.118. The molecule has 1 amide bonds. The number of hydrogen-bond donors (Lipinski definition) is 2. The number of rotatable bonds is 6. The van der Waals surface area contributed by atoms with Gasteiger partial charge in [-0.1, -0.05) is 17.7 Å². The summed E-state index contributed by atoms with van der Waals surface area (Å²) in [6.45, 7) is 0.350. The Balaban J connectivity index is 1.75. The summed E-state index contributed by atoms with van der Waals surface area (Å²) in [5.41, 5.74) is 0.254. The van der Waals surface area contributed by atoms with Gasteiger partial charge in [-0.2, -0.15) is 0 Å². The third-order valence-corrected chi connectivity index (χ3v) is 7.60. The van der Waals surface area contributed by atoms with Crippen LogP contribution in [0.2, 0.25) is 4.34 Å². The zero-order valence-electron chi connectivity index (χ0n) is 14.0. The Morgan fingerprint density at radius 2 is 2.04 bits per heavy atom. The van der Waals surface area contributed by atoms with E-state index in [-0.39, 0.29) is 27.1 Å². The quantitative estimate of drug-likeness (QED) is 0.597. The van der Waals surface area contributed by atoms with Gasteiger partial charge < -0.3 is 10.0 Å². The van der Waals surface area contributed by atoms with Crippen LogP contribution in [-0.2, 0) is 16.6 Å². The zero-order chi connectivity index (χ0) is 19.6. The molecule has 2 heterocycles. The highest BCUT2D eigenvalue weighted by molar-refractivity contribution is 7.94. The summed E-state index contributed by atoms with van der Waals surface area (Å²) >= 11 is 8.35. The fourth-order valence-electron chi connectivity index (χ4n) is 2.35. The van der Waals surface area contributed by atoms with Crippen molar-refractivity contribution in [1.29, 1.82) is 0 Å². The van der Waals surface area contributed by atoms with Gasteiger partial charge >= 0.3 is 0 Å². The molecule has 3 aromatic rings. The molecule has 6 nitrogen and oxygen atoms in total. The van der Waals surface area contributed by atoms with E-state index >= 15 is 0 Å². The van der Waals surface area contributed by atoms with Crippen molar-refractivity contribution >= 4 is 55.9 Å². The largest absolute Gasteiger partial charge is 0.507 e. The van der Waals surface area contributed by atoms with E-state index in [2.05, 4.69) is 4.72 Å². The van der Waals surface area contributed by atoms with E-state index in [1.54, 1.807) is 24.6 Å². The van der Waals surface area contributed by atoms with E-state index in [0.717, 1.165) is 16.2 Å². The number of nitrogens with zero attached hydrogens (tertiary/aromatic N) is 1. The Bertz CT molecular complexity index is 1060. The number of nitrogens with one attached hydrogen (secondary N) is 1. The first-order chi connectivity index (χ1) is 12.8. The van der Waals surface area contributed by atoms with Crippen LogP contribution in [0.5, 0.6) is 5.75 Å². The van der Waals surface area contributed by atoms with Gasteiger partial charge in [0.1, 0.15) is 9.96 Å². The summed E-state index contributed by atoms with van der Waals surface area (Å²) < 4.78 is 27.7. The van der Waals surface area contributed by atoms with Gasteiger partial charge in [-0.15, -0.1) is 22.7 Å². The summed E-state index contributed by atoms with van der Waals surface area (Å²) in [6, 6.07) is 10.8. The lowest BCUT2D eigenvalue weighted by molar-refractivity contribution is 0.0783. The number of amides is 1. The molecule has 10 heteroatoms. The Kier molecular flexibility index (Phi) is 5.75. The number of anilines is 1. The minimum absolute atomic E-state index is 0.0826. The van der Waals surface area contributed by atoms with Crippen LogP contribution in [0.4, 0.5) is 5.69 Å². The monoisotopic (exact) mass is 442 g/mol. The van der Waals surface area contributed by atoms with Crippen molar-refractivity contribution in [3.8, 4) is 5.75 Å². The second kappa shape index (κ2) is 7.89. The van der Waals surface area contributed by atoms with Crippen molar-refractivity contribution in [2.24, 2.45) is 0 Å². The number of hydrogen-bond acceptors (Lipinski definition) is 6. The number of phenols is 1. The molecule has 142 valence electrons. The number of carbonyl (C=O) groups excluding carboxylic acids is 1. The predicted molar refractivity (Wildman–Crippen MR) is 108 cm³/mol. The Labute approximate surface area is 169 Å². The van der Waals surface area contributed by atoms with Gasteiger partial charge in [0.2, 0.25) is 0 Å². The molecule has 2 aromatic heterocycles. The van der Waals surface area contributed by atoms with Gasteiger partial charge in [0, 0.05) is 18.0 Å². The number of phenolic OH excluding ortho intramolecular Hbond substituents is 1. The summed E-state index contributed by atoms with van der Waals surface area (Å²) in [6.07, 6.45) is 0. The zero-order valence-corrected chi connectivity index (χ0v) is 17.3. The highest BCUT2D eigenvalue weighted by Gasteiger charge is 2.19. The predicted octanol–water partition coefficient (Wildman–Crippen LogP) is 4.24. The van der Waals surface area contributed by atoms with E-state index < -0.39 is 10.0 Å². The molecule has 0 aliphatic heterocycles. The summed E-state index contributed by atoms with van der Waals surface area (Å²) in [5.74, 6) is -0.688. The number of carbonyl (C=O) groups is 1. The van der Waals surface area contributed by atoms with Crippen LogP contribution in [0, 0.1) is 0 Å². The molecule has 0 unspecified atom stereocenters. The molecule has 0 atom stereocenters. The molecule has 0 radical (unpaired) electrons. The maximum absolute atomic E-state index is 12.6. The number of thiophene rings is 2. The topological polar surface area (TPSA) is 86.7 Å². The molecule has 3 rings (SSSR count). The molecule has 27 heavy (non-hydrogen) atoms. The summed E-state index contributed by atoms with van der Waals surface area (Å²) in [7, 11) is -2.11. The lowest BCUT2D eigenvalue weighted by Crippen LogP contribution is -2.25. The van der Waals surface area contributed by atoms with Crippen molar-refractivity contribution in [2.75, 3.05) is 11.8 Å². The maximum atomic E-state index is 12.6. The van der Waals surface area contributed by atoms with Crippen LogP contribution >= 0.6 is 34.3 Å². The average Bonchev–Trinajstić information content (AvgIpc) is 3.26. The average molecular weight is 443 g/mol. The van der Waals surface area contributed by atoms with Crippen LogP contribution in [0.25, 0.3) is 0 Å². The van der Waals surface area contributed by atoms with E-state index in [1.165, 1.54) is 40.5 Å². The van der Waals surface area contributed by atoms with Crippen LogP contribution < -0.4 is 4.72 Å². The van der Waals surface area contributed by atoms with Crippen molar-refractivity contribution in [1.82, 2.24) is 4.90 Å². The second-order valence-corrected chi connectivity index (χ2v) is 10.3. The van der Waals surface area contributed by atoms with Crippen LogP contribution in [-0.4, -0.2) is 31.4 Å². The van der Waals surface area contributed by atoms with Crippen molar-refractivity contribution < 1.29 is 18.3 Å². The van der Waals surface area contributed by atoms with Gasteiger partial charge in [-0.25, -0.2) is 8.42 Å². The number of halogens is 1. The molecule has 0 aliphatic carbocycles. The minimum Gasteiger partial charge on any atom is -0.507 e. The number of benzene rings is 1. The van der Waals surface area contributed by atoms with Crippen molar-refractivity contribution in [2.45, 2.75) is 10.8 Å². The smallest absolute Gasteiger partial charge is 0.271 e. The molecule has 0 fully saturated rings. The van der Waals surface area contributed by atoms with Crippen LogP contribution in [0.15, 0.2) is 52.1 Å². The second-order valence-electron chi connectivity index (χ2n) is 5.64. The van der Waals surface area contributed by atoms with Gasteiger partial charge in [-0.3, -0.25) is 9.52 Å². The molecular formula is C17H15ClN2O4S3. The van der Waals surface area contributed by atoms with Crippen LogP contribution in [0.3, 0.4) is 0 Å². The highest BCUT2D eigenvalue weighted by Crippen LogP contribution is 2.27. The number of aromatic hydroxyl groups is 1. The normalized spacial score (nSPS) is 11.3. The standard InChI is InChI=1S/C17H15ClN2O4S3/c1-20(10-12-5-7-15(18)26-12)17(22)13-6-4-11(9-14(13)21)19-27(23,24)16-3-2-8-25-16/h2-9,19,21H,10H2,1H3. The Morgan fingerprint density at radius 3 is 2.63 bits per heavy atom. The SMILES string of the molecule is CN(Cc1ccc(Cl)s1)C(=O)c1ccc(NS(=O)(=O)c2cccs2)cc1O. The minimum atomic E-state index is -3.72. The first-order valence-electron chi connectivity index (χ1n) is 7.65. The van der Waals surface area contributed by atoms with E-state index in [1.807, 2.05) is 6.07 Å². The summed E-state index contributed by atoms with van der Waals surface area (Å²) in [4.78, 5) is 14.9. The molecule has 0 spiro atoms. The van der Waals surface area contributed by atoms with Gasteiger partial charge in [0.15, 0.2) is 0 Å². The molecule has 1 aromatic carbocycles. The first kappa shape index (κ1) is 19.7. The van der Waals surface area contributed by atoms with Crippen molar-refractivity contribution in [3.63, 3.8) is 0 Å². The molecule has 0 bridgehead atoms. The van der Waals surface area contributed by atoms with Crippen LogP contribution in [0.1, 0.15) is 15.2 Å². The molecular weight excluding hydrogens is 428 g/mol. The van der Waals surface area contributed by atoms with Gasteiger partial charge in [0.25, 0.3) is 15.9 Å². The summed E-state index contributed by atoms with van der Waals surface area (Å²) in [5, 5.41) is 11.9. The third kappa shape index (κ3) is 4.62. The first-order valence-corrected chi connectivity index (χ1v) is 11.2.